The molecular formula is C8H17Na2O4P. The summed E-state index contributed by atoms with van der Waals surface area (Å²) in [6.45, 7) is 4.07. The Labute approximate surface area is 136 Å². The van der Waals surface area contributed by atoms with E-state index in [1.165, 1.54) is 0 Å². The second-order valence-corrected chi connectivity index (χ2v) is 4.31. The molecule has 0 N–H and O–H groups in total. The molecule has 4 nitrogen and oxygen atoms in total. The minimum Gasteiger partial charge on any atom is -0.790 e. The molecule has 1 atom stereocenters. The van der Waals surface area contributed by atoms with E-state index in [1.807, 2.05) is 6.92 Å². The van der Waals surface area contributed by atoms with Crippen LogP contribution in [-0.2, 0) is 9.09 Å². The van der Waals surface area contributed by atoms with Gasteiger partial charge in [-0.1, -0.05) is 33.1 Å². The third kappa shape index (κ3) is 16.1. The van der Waals surface area contributed by atoms with E-state index in [1.54, 1.807) is 0 Å². The van der Waals surface area contributed by atoms with Gasteiger partial charge in [0.15, 0.2) is 0 Å². The SMILES string of the molecule is CCCCC(CC)COP(=O)([O-])[O-].[Na+].[Na+]. The summed E-state index contributed by atoms with van der Waals surface area (Å²) < 4.78 is 14.4. The van der Waals surface area contributed by atoms with Gasteiger partial charge in [-0.05, 0) is 12.3 Å². The topological polar surface area (TPSA) is 72.4 Å². The van der Waals surface area contributed by atoms with Crippen molar-refractivity contribution in [2.45, 2.75) is 39.5 Å². The summed E-state index contributed by atoms with van der Waals surface area (Å²) in [5.41, 5.74) is 0. The van der Waals surface area contributed by atoms with Gasteiger partial charge in [-0.2, -0.15) is 0 Å². The quantitative estimate of drug-likeness (QED) is 0.337. The van der Waals surface area contributed by atoms with Gasteiger partial charge in [-0.3, -0.25) is 0 Å². The maximum absolute atomic E-state index is 10.2. The number of phosphoric ester groups is 1. The fourth-order valence-corrected chi connectivity index (χ4v) is 1.49. The summed E-state index contributed by atoms with van der Waals surface area (Å²) in [6.07, 6.45) is 3.89. The Morgan fingerprint density at radius 1 is 1.27 bits per heavy atom. The van der Waals surface area contributed by atoms with Crippen LogP contribution in [0, 0.1) is 5.92 Å². The average molecular weight is 254 g/mol. The van der Waals surface area contributed by atoms with E-state index in [-0.39, 0.29) is 71.6 Å². The average Bonchev–Trinajstić information content (AvgIpc) is 2.03. The van der Waals surface area contributed by atoms with E-state index in [9.17, 15) is 14.4 Å². The first-order valence-electron chi connectivity index (χ1n) is 4.66. The Kier molecular flexibility index (Phi) is 18.7. The molecule has 0 heterocycles. The van der Waals surface area contributed by atoms with E-state index in [0.717, 1.165) is 25.7 Å². The van der Waals surface area contributed by atoms with E-state index in [4.69, 9.17) is 0 Å². The van der Waals surface area contributed by atoms with Crippen molar-refractivity contribution >= 4 is 7.82 Å². The Hall–Kier alpha value is 2.11. The van der Waals surface area contributed by atoms with Crippen molar-refractivity contribution in [3.63, 3.8) is 0 Å². The van der Waals surface area contributed by atoms with E-state index in [2.05, 4.69) is 11.4 Å². The van der Waals surface area contributed by atoms with Crippen LogP contribution >= 0.6 is 7.82 Å². The standard InChI is InChI=1S/C8H19O4P.2Na/c1-3-5-6-8(4-2)7-12-13(9,10)11;;/h8H,3-7H2,1-2H3,(H2,9,10,11);;/q;2*+1/p-2. The zero-order valence-corrected chi connectivity index (χ0v) is 15.1. The van der Waals surface area contributed by atoms with Crippen LogP contribution in [0.4, 0.5) is 0 Å². The smallest absolute Gasteiger partial charge is 0.790 e. The molecule has 0 fully saturated rings. The minimum absolute atomic E-state index is 0. The molecule has 0 aliphatic carbocycles. The van der Waals surface area contributed by atoms with Gasteiger partial charge in [0.25, 0.3) is 0 Å². The van der Waals surface area contributed by atoms with Crippen molar-refractivity contribution in [1.82, 2.24) is 0 Å². The van der Waals surface area contributed by atoms with Crippen LogP contribution in [0.2, 0.25) is 0 Å². The normalized spacial score (nSPS) is 12.5. The maximum atomic E-state index is 10.2. The molecule has 0 aliphatic heterocycles. The Balaban J connectivity index is -0.000000720. The van der Waals surface area contributed by atoms with Gasteiger partial charge in [0.1, 0.15) is 0 Å². The molecule has 80 valence electrons. The molecule has 0 saturated heterocycles. The summed E-state index contributed by atoms with van der Waals surface area (Å²) in [4.78, 5) is 20.4. The van der Waals surface area contributed by atoms with E-state index >= 15 is 0 Å². The summed E-state index contributed by atoms with van der Waals surface area (Å²) in [5, 5.41) is 0. The zero-order chi connectivity index (χ0) is 10.3. The molecule has 0 aromatic rings. The molecule has 0 amide bonds. The van der Waals surface area contributed by atoms with Crippen molar-refractivity contribution in [2.24, 2.45) is 5.92 Å². The number of unbranched alkanes of at least 4 members (excludes halogenated alkanes) is 1. The largest absolute Gasteiger partial charge is 1.00 e. The van der Waals surface area contributed by atoms with E-state index < -0.39 is 7.82 Å². The third-order valence-corrected chi connectivity index (χ3v) is 2.48. The molecule has 0 aromatic heterocycles. The molecule has 0 spiro atoms. The Morgan fingerprint density at radius 2 is 1.80 bits per heavy atom. The van der Waals surface area contributed by atoms with Gasteiger partial charge in [0.05, 0.1) is 14.4 Å². The molecule has 0 bridgehead atoms. The van der Waals surface area contributed by atoms with E-state index in [0.29, 0.717) is 0 Å². The predicted molar refractivity (Wildman–Crippen MR) is 46.9 cm³/mol. The predicted octanol–water partition coefficient (Wildman–Crippen LogP) is -4.94. The van der Waals surface area contributed by atoms with Crippen LogP contribution in [0.25, 0.3) is 0 Å². The molecule has 15 heavy (non-hydrogen) atoms. The molecule has 0 radical (unpaired) electrons. The minimum atomic E-state index is -4.76. The van der Waals surface area contributed by atoms with Gasteiger partial charge < -0.3 is 18.9 Å². The van der Waals surface area contributed by atoms with Gasteiger partial charge >= 0.3 is 59.1 Å². The number of rotatable bonds is 7. The first-order valence-corrected chi connectivity index (χ1v) is 6.12. The number of hydrogen-bond donors (Lipinski definition) is 0. The van der Waals surface area contributed by atoms with Crippen LogP contribution in [0.3, 0.4) is 0 Å². The van der Waals surface area contributed by atoms with Crippen LogP contribution in [-0.4, -0.2) is 6.61 Å². The van der Waals surface area contributed by atoms with Gasteiger partial charge in [-0.15, -0.1) is 0 Å². The molecule has 0 aromatic carbocycles. The number of phosphoric acid groups is 1. The summed E-state index contributed by atoms with van der Waals surface area (Å²) in [5.74, 6) is 0.191. The summed E-state index contributed by atoms with van der Waals surface area (Å²) in [7, 11) is -4.76. The molecule has 7 heteroatoms. The maximum Gasteiger partial charge on any atom is 1.00 e. The van der Waals surface area contributed by atoms with Gasteiger partial charge in [0, 0.05) is 0 Å². The fourth-order valence-electron chi connectivity index (χ4n) is 1.09. The van der Waals surface area contributed by atoms with Crippen LogP contribution in [0.5, 0.6) is 0 Å². The van der Waals surface area contributed by atoms with Gasteiger partial charge in [0.2, 0.25) is 0 Å². The monoisotopic (exact) mass is 254 g/mol. The number of hydrogen-bond acceptors (Lipinski definition) is 4. The van der Waals surface area contributed by atoms with Crippen molar-refractivity contribution in [3.05, 3.63) is 0 Å². The summed E-state index contributed by atoms with van der Waals surface area (Å²) in [6, 6.07) is 0. The van der Waals surface area contributed by atoms with Crippen LogP contribution in [0.1, 0.15) is 39.5 Å². The molecule has 0 rings (SSSR count). The second-order valence-electron chi connectivity index (χ2n) is 3.16. The van der Waals surface area contributed by atoms with Crippen molar-refractivity contribution < 1.29 is 78.0 Å². The summed E-state index contributed by atoms with van der Waals surface area (Å²) >= 11 is 0. The van der Waals surface area contributed by atoms with Gasteiger partial charge in [-0.25, -0.2) is 0 Å². The molecular weight excluding hydrogens is 237 g/mol. The van der Waals surface area contributed by atoms with Crippen LogP contribution in [0.15, 0.2) is 0 Å². The van der Waals surface area contributed by atoms with Crippen molar-refractivity contribution in [1.29, 1.82) is 0 Å². The first-order chi connectivity index (χ1) is 5.99. The third-order valence-electron chi connectivity index (χ3n) is 2.01. The van der Waals surface area contributed by atoms with Crippen molar-refractivity contribution in [2.75, 3.05) is 6.61 Å². The van der Waals surface area contributed by atoms with Crippen LogP contribution < -0.4 is 68.9 Å². The van der Waals surface area contributed by atoms with Crippen molar-refractivity contribution in [3.8, 4) is 0 Å². The zero-order valence-electron chi connectivity index (χ0n) is 10.2. The second kappa shape index (κ2) is 12.6. The molecule has 0 saturated carbocycles. The molecule has 0 aliphatic rings. The first kappa shape index (κ1) is 22.3. The Bertz CT molecular complexity index is 174. The molecule has 1 unspecified atom stereocenters. The fraction of sp³-hybridized carbons (Fsp3) is 1.00. The Morgan fingerprint density at radius 3 is 2.13 bits per heavy atom.